The van der Waals surface area contributed by atoms with Crippen LogP contribution in [0.1, 0.15) is 53.4 Å². The van der Waals surface area contributed by atoms with Crippen molar-refractivity contribution >= 4 is 5.91 Å². The number of rotatable bonds is 4. The molecule has 5 heteroatoms. The Morgan fingerprint density at radius 3 is 2.80 bits per heavy atom. The van der Waals surface area contributed by atoms with Crippen LogP contribution in [0.4, 0.5) is 0 Å². The van der Waals surface area contributed by atoms with Gasteiger partial charge in [0.2, 0.25) is 0 Å². The third-order valence-corrected chi connectivity index (χ3v) is 4.74. The minimum absolute atomic E-state index is 0.0855. The predicted molar refractivity (Wildman–Crippen MR) is 97.9 cm³/mol. The molecular weight excluding hydrogens is 314 g/mol. The summed E-state index contributed by atoms with van der Waals surface area (Å²) in [7, 11) is 0. The largest absolute Gasteiger partial charge is 0.348 e. The van der Waals surface area contributed by atoms with Crippen LogP contribution in [0.2, 0.25) is 0 Å². The molecular formula is C20H25N3O2. The molecule has 25 heavy (non-hydrogen) atoms. The number of hydrogen-bond donors (Lipinski definition) is 1. The van der Waals surface area contributed by atoms with Gasteiger partial charge in [-0.05, 0) is 56.7 Å². The Labute approximate surface area is 148 Å². The van der Waals surface area contributed by atoms with E-state index >= 15 is 0 Å². The molecule has 0 aliphatic heterocycles. The van der Waals surface area contributed by atoms with E-state index in [0.717, 1.165) is 42.5 Å². The highest BCUT2D eigenvalue weighted by Gasteiger charge is 2.16. The van der Waals surface area contributed by atoms with Crippen molar-refractivity contribution in [1.82, 2.24) is 15.1 Å². The highest BCUT2D eigenvalue weighted by Crippen LogP contribution is 2.16. The molecule has 3 rings (SSSR count). The molecule has 0 saturated carbocycles. The maximum Gasteiger partial charge on any atom is 0.267 e. The zero-order valence-electron chi connectivity index (χ0n) is 14.9. The van der Waals surface area contributed by atoms with Gasteiger partial charge in [-0.25, -0.2) is 4.68 Å². The fraction of sp³-hybridized carbons (Fsp3) is 0.450. The van der Waals surface area contributed by atoms with Crippen molar-refractivity contribution in [2.24, 2.45) is 0 Å². The van der Waals surface area contributed by atoms with E-state index < -0.39 is 0 Å². The van der Waals surface area contributed by atoms with Crippen molar-refractivity contribution in [3.05, 3.63) is 63.1 Å². The lowest BCUT2D eigenvalue weighted by molar-refractivity contribution is 0.0935. The highest BCUT2D eigenvalue weighted by molar-refractivity contribution is 5.95. The summed E-state index contributed by atoms with van der Waals surface area (Å²) >= 11 is 0. The number of aromatic nitrogens is 2. The SMILES string of the molecule is Cc1ccccc1C(=O)N[C@@H](C)Cn1nc2c(cc1=O)CCCCC2. The van der Waals surface area contributed by atoms with Gasteiger partial charge in [-0.15, -0.1) is 0 Å². The second-order valence-electron chi connectivity index (χ2n) is 6.89. The first-order valence-electron chi connectivity index (χ1n) is 9.01. The average molecular weight is 339 g/mol. The topological polar surface area (TPSA) is 64.0 Å². The number of carbonyl (C=O) groups is 1. The predicted octanol–water partition coefficient (Wildman–Crippen LogP) is 2.64. The fourth-order valence-corrected chi connectivity index (χ4v) is 3.34. The molecule has 1 aromatic heterocycles. The Bertz CT molecular complexity index is 826. The van der Waals surface area contributed by atoms with Crippen molar-refractivity contribution in [3.63, 3.8) is 0 Å². The molecule has 1 amide bonds. The number of hydrogen-bond acceptors (Lipinski definition) is 3. The van der Waals surface area contributed by atoms with Gasteiger partial charge in [-0.3, -0.25) is 9.59 Å². The third-order valence-electron chi connectivity index (χ3n) is 4.74. The van der Waals surface area contributed by atoms with Gasteiger partial charge in [0.25, 0.3) is 11.5 Å². The minimum atomic E-state index is -0.180. The molecule has 0 radical (unpaired) electrons. The third kappa shape index (κ3) is 4.16. The Morgan fingerprint density at radius 2 is 2.00 bits per heavy atom. The lowest BCUT2D eigenvalue weighted by Crippen LogP contribution is -2.39. The number of nitrogens with zero attached hydrogens (tertiary/aromatic N) is 2. The highest BCUT2D eigenvalue weighted by atomic mass is 16.2. The van der Waals surface area contributed by atoms with Gasteiger partial charge in [0.05, 0.1) is 12.2 Å². The first-order chi connectivity index (χ1) is 12.0. The van der Waals surface area contributed by atoms with E-state index in [4.69, 9.17) is 0 Å². The number of carbonyl (C=O) groups excluding carboxylic acids is 1. The van der Waals surface area contributed by atoms with E-state index in [1.54, 1.807) is 6.07 Å². The van der Waals surface area contributed by atoms with Gasteiger partial charge < -0.3 is 5.32 Å². The monoisotopic (exact) mass is 339 g/mol. The van der Waals surface area contributed by atoms with Crippen LogP contribution in [-0.2, 0) is 19.4 Å². The number of fused-ring (bicyclic) bond motifs is 1. The molecule has 0 spiro atoms. The standard InChI is InChI=1S/C20H25N3O2/c1-14-8-6-7-10-17(14)20(25)21-15(2)13-23-19(24)12-16-9-4-3-5-11-18(16)22-23/h6-8,10,12,15H,3-5,9,11,13H2,1-2H3,(H,21,25)/t15-/m0/s1. The van der Waals surface area contributed by atoms with E-state index in [1.807, 2.05) is 38.1 Å². The van der Waals surface area contributed by atoms with Gasteiger partial charge in [0.1, 0.15) is 0 Å². The summed E-state index contributed by atoms with van der Waals surface area (Å²) < 4.78 is 1.49. The smallest absolute Gasteiger partial charge is 0.267 e. The van der Waals surface area contributed by atoms with Crippen LogP contribution in [0, 0.1) is 6.92 Å². The summed E-state index contributed by atoms with van der Waals surface area (Å²) in [6.45, 7) is 4.19. The van der Waals surface area contributed by atoms with Crippen LogP contribution < -0.4 is 10.9 Å². The van der Waals surface area contributed by atoms with E-state index in [1.165, 1.54) is 11.1 Å². The quantitative estimate of drug-likeness (QED) is 0.871. The Balaban J connectivity index is 1.72. The second-order valence-corrected chi connectivity index (χ2v) is 6.89. The average Bonchev–Trinajstić information content (AvgIpc) is 2.80. The molecule has 1 N–H and O–H groups in total. The van der Waals surface area contributed by atoms with Gasteiger partial charge >= 0.3 is 0 Å². The summed E-state index contributed by atoms with van der Waals surface area (Å²) in [4.78, 5) is 24.7. The molecule has 0 bridgehead atoms. The van der Waals surface area contributed by atoms with Gasteiger partial charge in [0, 0.05) is 17.7 Å². The molecule has 0 saturated heterocycles. The van der Waals surface area contributed by atoms with E-state index in [-0.39, 0.29) is 17.5 Å². The summed E-state index contributed by atoms with van der Waals surface area (Å²) in [6.07, 6.45) is 5.31. The molecule has 0 fully saturated rings. The van der Waals surface area contributed by atoms with E-state index in [2.05, 4.69) is 10.4 Å². The van der Waals surface area contributed by atoms with Crippen LogP contribution in [0.25, 0.3) is 0 Å². The molecule has 132 valence electrons. The van der Waals surface area contributed by atoms with Crippen LogP contribution in [0.5, 0.6) is 0 Å². The van der Waals surface area contributed by atoms with E-state index in [9.17, 15) is 9.59 Å². The number of amides is 1. The summed E-state index contributed by atoms with van der Waals surface area (Å²) in [6, 6.07) is 9.03. The fourth-order valence-electron chi connectivity index (χ4n) is 3.34. The Kier molecular flexibility index (Phi) is 5.31. The first-order valence-corrected chi connectivity index (χ1v) is 9.01. The van der Waals surface area contributed by atoms with Crippen LogP contribution in [0.15, 0.2) is 35.1 Å². The van der Waals surface area contributed by atoms with Crippen LogP contribution in [0.3, 0.4) is 0 Å². The molecule has 1 aliphatic carbocycles. The Hall–Kier alpha value is -2.43. The van der Waals surface area contributed by atoms with Crippen molar-refractivity contribution in [1.29, 1.82) is 0 Å². The summed E-state index contributed by atoms with van der Waals surface area (Å²) in [5.41, 5.74) is 3.65. The van der Waals surface area contributed by atoms with Gasteiger partial charge in [-0.1, -0.05) is 24.6 Å². The van der Waals surface area contributed by atoms with Crippen molar-refractivity contribution < 1.29 is 4.79 Å². The lowest BCUT2D eigenvalue weighted by atomic mass is 10.1. The van der Waals surface area contributed by atoms with Gasteiger partial charge in [-0.2, -0.15) is 5.10 Å². The molecule has 1 aliphatic rings. The zero-order valence-corrected chi connectivity index (χ0v) is 14.9. The van der Waals surface area contributed by atoms with Crippen molar-refractivity contribution in [3.8, 4) is 0 Å². The molecule has 1 atom stereocenters. The zero-order chi connectivity index (χ0) is 17.8. The van der Waals surface area contributed by atoms with Crippen LogP contribution in [-0.4, -0.2) is 21.7 Å². The number of benzene rings is 1. The number of aryl methyl sites for hydroxylation is 3. The van der Waals surface area contributed by atoms with Gasteiger partial charge in [0.15, 0.2) is 0 Å². The molecule has 1 heterocycles. The summed E-state index contributed by atoms with van der Waals surface area (Å²) in [5.74, 6) is -0.117. The van der Waals surface area contributed by atoms with Crippen molar-refractivity contribution in [2.75, 3.05) is 0 Å². The lowest BCUT2D eigenvalue weighted by Gasteiger charge is -2.17. The maximum absolute atomic E-state index is 12.4. The van der Waals surface area contributed by atoms with E-state index in [0.29, 0.717) is 12.1 Å². The first kappa shape index (κ1) is 17.4. The van der Waals surface area contributed by atoms with Crippen molar-refractivity contribution in [2.45, 2.75) is 58.5 Å². The number of nitrogens with one attached hydrogen (secondary N) is 1. The molecule has 5 nitrogen and oxygen atoms in total. The maximum atomic E-state index is 12.4. The van der Waals surface area contributed by atoms with Crippen LogP contribution >= 0.6 is 0 Å². The Morgan fingerprint density at radius 1 is 1.24 bits per heavy atom. The minimum Gasteiger partial charge on any atom is -0.348 e. The molecule has 2 aromatic rings. The summed E-state index contributed by atoms with van der Waals surface area (Å²) in [5, 5.41) is 7.53. The molecule has 1 aromatic carbocycles. The normalized spacial score (nSPS) is 15.1. The second kappa shape index (κ2) is 7.64. The molecule has 0 unspecified atom stereocenters.